The minimum atomic E-state index is 0.467. The summed E-state index contributed by atoms with van der Waals surface area (Å²) in [6.07, 6.45) is 5.77. The van der Waals surface area contributed by atoms with Crippen LogP contribution in [-0.2, 0) is 11.3 Å². The summed E-state index contributed by atoms with van der Waals surface area (Å²) in [4.78, 5) is 4.08. The van der Waals surface area contributed by atoms with Crippen LogP contribution >= 0.6 is 0 Å². The average molecular weight is 236 g/mol. The molecule has 4 heteroatoms. The maximum absolute atomic E-state index is 5.57. The summed E-state index contributed by atoms with van der Waals surface area (Å²) in [6, 6.07) is 3.96. The Morgan fingerprint density at radius 3 is 3.29 bits per heavy atom. The van der Waals surface area contributed by atoms with E-state index in [1.54, 1.807) is 13.3 Å². The lowest BCUT2D eigenvalue weighted by molar-refractivity contribution is 0.104. The summed E-state index contributed by atoms with van der Waals surface area (Å²) in [7, 11) is 1.64. The third-order valence-corrected chi connectivity index (χ3v) is 3.00. The van der Waals surface area contributed by atoms with Crippen molar-refractivity contribution in [3.05, 3.63) is 23.9 Å². The molecule has 1 aliphatic heterocycles. The Morgan fingerprint density at radius 1 is 1.59 bits per heavy atom. The van der Waals surface area contributed by atoms with Gasteiger partial charge in [0.05, 0.1) is 13.2 Å². The van der Waals surface area contributed by atoms with Crippen LogP contribution in [0.3, 0.4) is 0 Å². The topological polar surface area (TPSA) is 43.4 Å². The average Bonchev–Trinajstić information content (AvgIpc) is 2.88. The zero-order chi connectivity index (χ0) is 11.9. The molecule has 0 bridgehead atoms. The molecule has 0 spiro atoms. The van der Waals surface area contributed by atoms with Crippen molar-refractivity contribution >= 4 is 0 Å². The molecule has 4 nitrogen and oxygen atoms in total. The first-order valence-corrected chi connectivity index (χ1v) is 6.20. The first-order chi connectivity index (χ1) is 8.38. The van der Waals surface area contributed by atoms with E-state index in [0.717, 1.165) is 26.1 Å². The largest absolute Gasteiger partial charge is 0.481 e. The van der Waals surface area contributed by atoms with Crippen molar-refractivity contribution in [3.8, 4) is 5.88 Å². The van der Waals surface area contributed by atoms with Crippen molar-refractivity contribution in [1.29, 1.82) is 0 Å². The molecule has 1 aromatic heterocycles. The second kappa shape index (κ2) is 6.57. The van der Waals surface area contributed by atoms with Gasteiger partial charge in [0.25, 0.3) is 0 Å². The van der Waals surface area contributed by atoms with Crippen LogP contribution in [0.15, 0.2) is 18.3 Å². The number of rotatable bonds is 6. The molecular weight excluding hydrogens is 216 g/mol. The first-order valence-electron chi connectivity index (χ1n) is 6.20. The predicted octanol–water partition coefficient (Wildman–Crippen LogP) is 1.75. The summed E-state index contributed by atoms with van der Waals surface area (Å²) in [5.74, 6) is 0.670. The molecule has 0 amide bonds. The van der Waals surface area contributed by atoms with Crippen molar-refractivity contribution < 1.29 is 9.47 Å². The van der Waals surface area contributed by atoms with Crippen molar-refractivity contribution in [3.63, 3.8) is 0 Å². The Bertz CT molecular complexity index is 338. The van der Waals surface area contributed by atoms with E-state index in [4.69, 9.17) is 9.47 Å². The van der Waals surface area contributed by atoms with Gasteiger partial charge in [-0.25, -0.2) is 4.98 Å². The molecule has 1 aliphatic rings. The molecule has 0 aromatic carbocycles. The normalized spacial score (nSPS) is 19.5. The second-order valence-corrected chi connectivity index (χ2v) is 4.31. The summed E-state index contributed by atoms with van der Waals surface area (Å²) >= 11 is 0. The number of aromatic nitrogens is 1. The Hall–Kier alpha value is -1.13. The Labute approximate surface area is 102 Å². The van der Waals surface area contributed by atoms with E-state index in [-0.39, 0.29) is 0 Å². The molecule has 1 saturated heterocycles. The molecule has 94 valence electrons. The lowest BCUT2D eigenvalue weighted by atomic mass is 10.2. The van der Waals surface area contributed by atoms with Gasteiger partial charge >= 0.3 is 0 Å². The molecule has 1 aromatic rings. The van der Waals surface area contributed by atoms with E-state index in [2.05, 4.69) is 10.3 Å². The molecule has 2 rings (SSSR count). The van der Waals surface area contributed by atoms with Gasteiger partial charge in [0.2, 0.25) is 5.88 Å². The molecular formula is C13H20N2O2. The van der Waals surface area contributed by atoms with Gasteiger partial charge in [0, 0.05) is 25.4 Å². The van der Waals surface area contributed by atoms with Crippen LogP contribution in [0.2, 0.25) is 0 Å². The molecule has 2 heterocycles. The molecule has 0 aliphatic carbocycles. The van der Waals surface area contributed by atoms with Gasteiger partial charge in [-0.3, -0.25) is 0 Å². The number of nitrogens with one attached hydrogen (secondary N) is 1. The fourth-order valence-electron chi connectivity index (χ4n) is 2.04. The Morgan fingerprint density at radius 2 is 2.53 bits per heavy atom. The van der Waals surface area contributed by atoms with Gasteiger partial charge in [-0.1, -0.05) is 0 Å². The summed E-state index contributed by atoms with van der Waals surface area (Å²) < 4.78 is 10.7. The van der Waals surface area contributed by atoms with Gasteiger partial charge in [0.1, 0.15) is 0 Å². The Balaban J connectivity index is 1.66. The van der Waals surface area contributed by atoms with E-state index < -0.39 is 0 Å². The van der Waals surface area contributed by atoms with Crippen LogP contribution in [0.5, 0.6) is 5.88 Å². The van der Waals surface area contributed by atoms with E-state index in [9.17, 15) is 0 Å². The molecule has 1 unspecified atom stereocenters. The lowest BCUT2D eigenvalue weighted by Gasteiger charge is -2.10. The number of methoxy groups -OCH3 is 1. The first kappa shape index (κ1) is 12.3. The van der Waals surface area contributed by atoms with Gasteiger partial charge in [-0.2, -0.15) is 0 Å². The van der Waals surface area contributed by atoms with Crippen LogP contribution in [0.4, 0.5) is 0 Å². The van der Waals surface area contributed by atoms with Crippen molar-refractivity contribution in [2.75, 3.05) is 20.3 Å². The zero-order valence-electron chi connectivity index (χ0n) is 10.3. The third kappa shape index (κ3) is 3.98. The highest BCUT2D eigenvalue weighted by Gasteiger charge is 2.14. The van der Waals surface area contributed by atoms with Crippen LogP contribution in [-0.4, -0.2) is 31.3 Å². The zero-order valence-corrected chi connectivity index (χ0v) is 10.3. The number of hydrogen-bond donors (Lipinski definition) is 1. The fraction of sp³-hybridized carbons (Fsp3) is 0.615. The number of pyridine rings is 1. The Kier molecular flexibility index (Phi) is 4.76. The minimum Gasteiger partial charge on any atom is -0.481 e. The van der Waals surface area contributed by atoms with Gasteiger partial charge < -0.3 is 14.8 Å². The number of ether oxygens (including phenoxy) is 2. The maximum atomic E-state index is 5.57. The molecule has 0 radical (unpaired) electrons. The number of nitrogens with zero attached hydrogens (tertiary/aromatic N) is 1. The molecule has 0 saturated carbocycles. The highest BCUT2D eigenvalue weighted by atomic mass is 16.5. The quantitative estimate of drug-likeness (QED) is 0.764. The molecule has 1 fully saturated rings. The highest BCUT2D eigenvalue weighted by Crippen LogP contribution is 2.14. The van der Waals surface area contributed by atoms with Crippen LogP contribution in [0, 0.1) is 0 Å². The van der Waals surface area contributed by atoms with E-state index in [1.807, 2.05) is 12.1 Å². The van der Waals surface area contributed by atoms with E-state index in [0.29, 0.717) is 12.0 Å². The van der Waals surface area contributed by atoms with Gasteiger partial charge in [0.15, 0.2) is 0 Å². The van der Waals surface area contributed by atoms with Crippen molar-refractivity contribution in [2.45, 2.75) is 31.9 Å². The van der Waals surface area contributed by atoms with E-state index >= 15 is 0 Å². The standard InChI is InChI=1S/C13H20N2O2/c1-16-13-9-11(4-7-15-13)10-14-6-5-12-3-2-8-17-12/h4,7,9,12,14H,2-3,5-6,8,10H2,1H3. The van der Waals surface area contributed by atoms with Crippen molar-refractivity contribution in [1.82, 2.24) is 10.3 Å². The van der Waals surface area contributed by atoms with Gasteiger partial charge in [-0.15, -0.1) is 0 Å². The van der Waals surface area contributed by atoms with Crippen LogP contribution < -0.4 is 10.1 Å². The highest BCUT2D eigenvalue weighted by molar-refractivity contribution is 5.20. The third-order valence-electron chi connectivity index (χ3n) is 3.00. The maximum Gasteiger partial charge on any atom is 0.213 e. The smallest absolute Gasteiger partial charge is 0.213 e. The summed E-state index contributed by atoms with van der Waals surface area (Å²) in [5.41, 5.74) is 1.20. The predicted molar refractivity (Wildman–Crippen MR) is 66.1 cm³/mol. The number of hydrogen-bond acceptors (Lipinski definition) is 4. The fourth-order valence-corrected chi connectivity index (χ4v) is 2.04. The summed E-state index contributed by atoms with van der Waals surface area (Å²) in [6.45, 7) is 2.78. The molecule has 1 atom stereocenters. The SMILES string of the molecule is COc1cc(CNCCC2CCCO2)ccn1. The van der Waals surface area contributed by atoms with Crippen LogP contribution in [0.25, 0.3) is 0 Å². The lowest BCUT2D eigenvalue weighted by Crippen LogP contribution is -2.19. The van der Waals surface area contributed by atoms with Crippen molar-refractivity contribution in [2.24, 2.45) is 0 Å². The monoisotopic (exact) mass is 236 g/mol. The van der Waals surface area contributed by atoms with Gasteiger partial charge in [-0.05, 0) is 37.4 Å². The summed E-state index contributed by atoms with van der Waals surface area (Å²) in [5, 5.41) is 3.42. The molecule has 17 heavy (non-hydrogen) atoms. The molecule has 1 N–H and O–H groups in total. The second-order valence-electron chi connectivity index (χ2n) is 4.31. The minimum absolute atomic E-state index is 0.467. The van der Waals surface area contributed by atoms with Crippen LogP contribution in [0.1, 0.15) is 24.8 Å². The van der Waals surface area contributed by atoms with E-state index in [1.165, 1.54) is 18.4 Å².